The first kappa shape index (κ1) is 9.69. The van der Waals surface area contributed by atoms with Gasteiger partial charge in [-0.3, -0.25) is 14.9 Å². The van der Waals surface area contributed by atoms with Gasteiger partial charge in [-0.1, -0.05) is 26.2 Å². The Morgan fingerprint density at radius 2 is 2.29 bits per heavy atom. The summed E-state index contributed by atoms with van der Waals surface area (Å²) in [6.45, 7) is 2.17. The molecule has 1 N–H and O–H groups in total. The molecule has 14 heavy (non-hydrogen) atoms. The van der Waals surface area contributed by atoms with E-state index in [2.05, 4.69) is 12.2 Å². The standard InChI is InChI=1S/C11H17NO2/c1-2-8-4-3-5-11(6-8)7-9(13)12-10(11)14/h8H,2-7H2,1H3,(H,12,13,14). The zero-order valence-corrected chi connectivity index (χ0v) is 8.64. The SMILES string of the molecule is CCC1CCCC2(CC(=O)NC2=O)C1. The molecule has 2 atom stereocenters. The molecule has 2 amide bonds. The Labute approximate surface area is 84.2 Å². The summed E-state index contributed by atoms with van der Waals surface area (Å²) in [4.78, 5) is 22.9. The van der Waals surface area contributed by atoms with E-state index in [0.29, 0.717) is 12.3 Å². The topological polar surface area (TPSA) is 46.2 Å². The van der Waals surface area contributed by atoms with Gasteiger partial charge in [-0.25, -0.2) is 0 Å². The molecule has 3 heteroatoms. The van der Waals surface area contributed by atoms with E-state index in [9.17, 15) is 9.59 Å². The molecule has 0 aromatic carbocycles. The number of carbonyl (C=O) groups is 2. The third-order valence-corrected chi connectivity index (χ3v) is 3.76. The van der Waals surface area contributed by atoms with Crippen LogP contribution < -0.4 is 5.32 Å². The molecular formula is C11H17NO2. The maximum atomic E-state index is 11.7. The van der Waals surface area contributed by atoms with Crippen LogP contribution in [0.4, 0.5) is 0 Å². The van der Waals surface area contributed by atoms with Crippen molar-refractivity contribution in [2.75, 3.05) is 0 Å². The highest BCUT2D eigenvalue weighted by molar-refractivity contribution is 6.05. The van der Waals surface area contributed by atoms with Gasteiger partial charge < -0.3 is 0 Å². The van der Waals surface area contributed by atoms with Crippen LogP contribution in [0.25, 0.3) is 0 Å². The van der Waals surface area contributed by atoms with E-state index in [1.54, 1.807) is 0 Å². The highest BCUT2D eigenvalue weighted by Gasteiger charge is 2.48. The van der Waals surface area contributed by atoms with Gasteiger partial charge in [0.25, 0.3) is 0 Å². The zero-order valence-electron chi connectivity index (χ0n) is 8.64. The third-order valence-electron chi connectivity index (χ3n) is 3.76. The summed E-state index contributed by atoms with van der Waals surface area (Å²) in [5.74, 6) is 0.549. The molecule has 2 fully saturated rings. The van der Waals surface area contributed by atoms with Crippen molar-refractivity contribution in [2.45, 2.75) is 45.4 Å². The van der Waals surface area contributed by atoms with Gasteiger partial charge in [0.1, 0.15) is 0 Å². The van der Waals surface area contributed by atoms with Crippen LogP contribution in [0, 0.1) is 11.3 Å². The van der Waals surface area contributed by atoms with Crippen LogP contribution in [-0.4, -0.2) is 11.8 Å². The lowest BCUT2D eigenvalue weighted by molar-refractivity contribution is -0.130. The second-order valence-electron chi connectivity index (χ2n) is 4.71. The van der Waals surface area contributed by atoms with Gasteiger partial charge in [0.05, 0.1) is 5.41 Å². The number of imide groups is 1. The van der Waals surface area contributed by atoms with Crippen LogP contribution >= 0.6 is 0 Å². The summed E-state index contributed by atoms with van der Waals surface area (Å²) in [6.07, 6.45) is 5.70. The fourth-order valence-electron chi connectivity index (χ4n) is 2.89. The molecular weight excluding hydrogens is 178 g/mol. The van der Waals surface area contributed by atoms with Crippen molar-refractivity contribution < 1.29 is 9.59 Å². The van der Waals surface area contributed by atoms with Gasteiger partial charge in [-0.15, -0.1) is 0 Å². The Bertz CT molecular complexity index is 274. The Hall–Kier alpha value is -0.860. The van der Waals surface area contributed by atoms with E-state index in [1.165, 1.54) is 6.42 Å². The Morgan fingerprint density at radius 1 is 1.50 bits per heavy atom. The van der Waals surface area contributed by atoms with Crippen molar-refractivity contribution >= 4 is 11.8 Å². The van der Waals surface area contributed by atoms with E-state index in [1.807, 2.05) is 0 Å². The maximum Gasteiger partial charge on any atom is 0.233 e. The first-order valence-corrected chi connectivity index (χ1v) is 5.50. The van der Waals surface area contributed by atoms with Gasteiger partial charge in [-0.2, -0.15) is 0 Å². The van der Waals surface area contributed by atoms with Crippen LogP contribution in [0.1, 0.15) is 45.4 Å². The lowest BCUT2D eigenvalue weighted by Gasteiger charge is -2.34. The molecule has 2 aliphatic rings. The fourth-order valence-corrected chi connectivity index (χ4v) is 2.89. The molecule has 0 aromatic rings. The summed E-state index contributed by atoms with van der Waals surface area (Å²) in [7, 11) is 0. The fraction of sp³-hybridized carbons (Fsp3) is 0.818. The minimum absolute atomic E-state index is 0.0133. The van der Waals surface area contributed by atoms with Gasteiger partial charge in [0, 0.05) is 6.42 Å². The van der Waals surface area contributed by atoms with E-state index in [0.717, 1.165) is 25.7 Å². The highest BCUT2D eigenvalue weighted by atomic mass is 16.2. The van der Waals surface area contributed by atoms with Crippen molar-refractivity contribution in [3.8, 4) is 0 Å². The van der Waals surface area contributed by atoms with Gasteiger partial charge in [-0.05, 0) is 18.8 Å². The molecule has 0 bridgehead atoms. The molecule has 0 aromatic heterocycles. The molecule has 1 aliphatic heterocycles. The normalized spacial score (nSPS) is 37.6. The van der Waals surface area contributed by atoms with Crippen molar-refractivity contribution in [2.24, 2.45) is 11.3 Å². The number of rotatable bonds is 1. The van der Waals surface area contributed by atoms with Crippen LogP contribution in [0.2, 0.25) is 0 Å². The second kappa shape index (κ2) is 3.37. The van der Waals surface area contributed by atoms with E-state index in [-0.39, 0.29) is 17.2 Å². The minimum atomic E-state index is -0.323. The minimum Gasteiger partial charge on any atom is -0.296 e. The summed E-state index contributed by atoms with van der Waals surface area (Å²) in [6, 6.07) is 0. The number of hydrogen-bond donors (Lipinski definition) is 1. The Morgan fingerprint density at radius 3 is 2.86 bits per heavy atom. The average Bonchev–Trinajstić information content (AvgIpc) is 2.42. The van der Waals surface area contributed by atoms with Crippen molar-refractivity contribution in [1.29, 1.82) is 0 Å². The van der Waals surface area contributed by atoms with Crippen LogP contribution in [0.3, 0.4) is 0 Å². The van der Waals surface area contributed by atoms with Crippen molar-refractivity contribution in [1.82, 2.24) is 5.32 Å². The first-order chi connectivity index (χ1) is 6.66. The number of carbonyl (C=O) groups excluding carboxylic acids is 2. The smallest absolute Gasteiger partial charge is 0.233 e. The van der Waals surface area contributed by atoms with Gasteiger partial charge >= 0.3 is 0 Å². The van der Waals surface area contributed by atoms with Crippen molar-refractivity contribution in [3.05, 3.63) is 0 Å². The Kier molecular flexibility index (Phi) is 2.33. The third kappa shape index (κ3) is 1.45. The molecule has 1 spiro atoms. The monoisotopic (exact) mass is 195 g/mol. The first-order valence-electron chi connectivity index (χ1n) is 5.50. The van der Waals surface area contributed by atoms with E-state index < -0.39 is 0 Å². The number of hydrogen-bond acceptors (Lipinski definition) is 2. The predicted octanol–water partition coefficient (Wildman–Crippen LogP) is 1.62. The molecule has 1 aliphatic carbocycles. The molecule has 1 saturated heterocycles. The summed E-state index contributed by atoms with van der Waals surface area (Å²) in [5, 5.41) is 2.44. The van der Waals surface area contributed by atoms with Gasteiger partial charge in [0.2, 0.25) is 11.8 Å². The zero-order chi connectivity index (χ0) is 10.2. The number of nitrogens with one attached hydrogen (secondary N) is 1. The van der Waals surface area contributed by atoms with Gasteiger partial charge in [0.15, 0.2) is 0 Å². The molecule has 2 rings (SSSR count). The second-order valence-corrected chi connectivity index (χ2v) is 4.71. The summed E-state index contributed by atoms with van der Waals surface area (Å²) < 4.78 is 0. The quantitative estimate of drug-likeness (QED) is 0.646. The summed E-state index contributed by atoms with van der Waals surface area (Å²) >= 11 is 0. The molecule has 1 heterocycles. The predicted molar refractivity (Wildman–Crippen MR) is 52.4 cm³/mol. The molecule has 2 unspecified atom stereocenters. The lowest BCUT2D eigenvalue weighted by atomic mass is 9.68. The highest BCUT2D eigenvalue weighted by Crippen LogP contribution is 2.45. The lowest BCUT2D eigenvalue weighted by Crippen LogP contribution is -2.36. The van der Waals surface area contributed by atoms with E-state index in [4.69, 9.17) is 0 Å². The largest absolute Gasteiger partial charge is 0.296 e. The molecule has 0 radical (unpaired) electrons. The van der Waals surface area contributed by atoms with Crippen LogP contribution in [-0.2, 0) is 9.59 Å². The van der Waals surface area contributed by atoms with Crippen LogP contribution in [0.15, 0.2) is 0 Å². The van der Waals surface area contributed by atoms with Crippen molar-refractivity contribution in [3.63, 3.8) is 0 Å². The number of amides is 2. The average molecular weight is 195 g/mol. The maximum absolute atomic E-state index is 11.7. The molecule has 78 valence electrons. The Balaban J connectivity index is 2.15. The van der Waals surface area contributed by atoms with E-state index >= 15 is 0 Å². The molecule has 3 nitrogen and oxygen atoms in total. The molecule has 1 saturated carbocycles. The summed E-state index contributed by atoms with van der Waals surface area (Å²) in [5.41, 5.74) is -0.323. The van der Waals surface area contributed by atoms with Crippen LogP contribution in [0.5, 0.6) is 0 Å².